The van der Waals surface area contributed by atoms with Gasteiger partial charge >= 0.3 is 5.97 Å². The van der Waals surface area contributed by atoms with Gasteiger partial charge in [-0.1, -0.05) is 44.2 Å². The van der Waals surface area contributed by atoms with Gasteiger partial charge in [-0.25, -0.2) is 8.42 Å². The minimum absolute atomic E-state index is 0.0623. The molecule has 1 aliphatic rings. The maximum atomic E-state index is 13.7. The molecule has 0 saturated heterocycles. The number of hydrogen-bond acceptors (Lipinski definition) is 7. The first-order valence-electron chi connectivity index (χ1n) is 11.0. The molecule has 0 aromatic heterocycles. The van der Waals surface area contributed by atoms with Crippen LogP contribution in [0.15, 0.2) is 47.4 Å². The Morgan fingerprint density at radius 3 is 2.30 bits per heavy atom. The number of sulfonamides is 1. The summed E-state index contributed by atoms with van der Waals surface area (Å²) in [6, 6.07) is 11.3. The van der Waals surface area contributed by atoms with E-state index < -0.39 is 22.0 Å². The van der Waals surface area contributed by atoms with E-state index in [-0.39, 0.29) is 24.5 Å². The number of rotatable bonds is 10. The highest BCUT2D eigenvalue weighted by molar-refractivity contribution is 7.89. The zero-order valence-corrected chi connectivity index (χ0v) is 20.4. The van der Waals surface area contributed by atoms with Gasteiger partial charge in [0.15, 0.2) is 11.5 Å². The monoisotopic (exact) mass is 476 g/mol. The Morgan fingerprint density at radius 2 is 1.70 bits per heavy atom. The predicted molar refractivity (Wildman–Crippen MR) is 125 cm³/mol. The van der Waals surface area contributed by atoms with Crippen LogP contribution in [0.2, 0.25) is 0 Å². The van der Waals surface area contributed by atoms with Gasteiger partial charge in [-0.15, -0.1) is 0 Å². The lowest BCUT2D eigenvalue weighted by atomic mass is 10.0. The number of carbonyl (C=O) groups excluding carboxylic acids is 1. The Balaban J connectivity index is 1.96. The van der Waals surface area contributed by atoms with Crippen LogP contribution in [0.25, 0.3) is 0 Å². The molecule has 2 aromatic rings. The molecule has 33 heavy (non-hydrogen) atoms. The number of nitrogens with zero attached hydrogens (tertiary/aromatic N) is 2. The Bertz CT molecular complexity index is 1050. The molecule has 1 atom stereocenters. The fraction of sp³-hybridized carbons (Fsp3) is 0.458. The van der Waals surface area contributed by atoms with Crippen molar-refractivity contribution in [2.45, 2.75) is 37.8 Å². The van der Waals surface area contributed by atoms with Crippen molar-refractivity contribution in [3.63, 3.8) is 0 Å². The molecular formula is C24H32N2O6S. The van der Waals surface area contributed by atoms with E-state index in [2.05, 4.69) is 4.90 Å². The van der Waals surface area contributed by atoms with Gasteiger partial charge in [-0.3, -0.25) is 4.79 Å². The topological polar surface area (TPSA) is 85.4 Å². The molecular weight excluding hydrogens is 444 g/mol. The first-order chi connectivity index (χ1) is 15.8. The second-order valence-electron chi connectivity index (χ2n) is 7.77. The van der Waals surface area contributed by atoms with Crippen LogP contribution in [0.5, 0.6) is 11.5 Å². The van der Waals surface area contributed by atoms with Gasteiger partial charge in [-0.05, 0) is 30.3 Å². The molecule has 0 N–H and O–H groups in total. The second kappa shape index (κ2) is 11.0. The van der Waals surface area contributed by atoms with Gasteiger partial charge in [0.25, 0.3) is 0 Å². The molecule has 0 spiro atoms. The summed E-state index contributed by atoms with van der Waals surface area (Å²) in [6.45, 7) is 6.64. The highest BCUT2D eigenvalue weighted by Gasteiger charge is 2.43. The summed E-state index contributed by atoms with van der Waals surface area (Å²) in [5.41, 5.74) is 1.29. The summed E-state index contributed by atoms with van der Waals surface area (Å²) in [5.74, 6) is 0.179. The number of ether oxygens (including phenoxy) is 3. The van der Waals surface area contributed by atoms with Crippen LogP contribution >= 0.6 is 0 Å². The van der Waals surface area contributed by atoms with Crippen LogP contribution in [0.3, 0.4) is 0 Å². The summed E-state index contributed by atoms with van der Waals surface area (Å²) in [4.78, 5) is 15.4. The fourth-order valence-electron chi connectivity index (χ4n) is 3.98. The molecule has 0 saturated carbocycles. The van der Waals surface area contributed by atoms with Crippen molar-refractivity contribution in [2.75, 3.05) is 40.5 Å². The Hall–Kier alpha value is -2.62. The Morgan fingerprint density at radius 1 is 1.06 bits per heavy atom. The van der Waals surface area contributed by atoms with Gasteiger partial charge in [0.2, 0.25) is 10.0 Å². The number of methoxy groups -OCH3 is 2. The van der Waals surface area contributed by atoms with Crippen LogP contribution in [-0.2, 0) is 32.5 Å². The number of hydrogen-bond donors (Lipinski definition) is 0. The fourth-order valence-corrected chi connectivity index (χ4v) is 5.77. The molecule has 1 unspecified atom stereocenters. The van der Waals surface area contributed by atoms with Gasteiger partial charge in [-0.2, -0.15) is 4.31 Å². The molecule has 1 heterocycles. The number of esters is 1. The van der Waals surface area contributed by atoms with Gasteiger partial charge < -0.3 is 19.1 Å². The standard InChI is InChI=1S/C24H32N2O6S/c1-5-25(6-2)12-13-32-24(27)20-14-19-15-21(30-3)22(31-4)16-23(19)33(28,29)26(20)17-18-10-8-7-9-11-18/h7-11,15-16,20H,5-6,12-14,17H2,1-4H3. The minimum Gasteiger partial charge on any atom is -0.493 e. The lowest BCUT2D eigenvalue weighted by Crippen LogP contribution is -2.50. The van der Waals surface area contributed by atoms with E-state index in [0.29, 0.717) is 23.6 Å². The highest BCUT2D eigenvalue weighted by atomic mass is 32.2. The van der Waals surface area contributed by atoms with E-state index in [1.54, 1.807) is 6.07 Å². The molecule has 0 aliphatic carbocycles. The van der Waals surface area contributed by atoms with Crippen molar-refractivity contribution >= 4 is 16.0 Å². The van der Waals surface area contributed by atoms with Crippen molar-refractivity contribution in [3.8, 4) is 11.5 Å². The zero-order valence-electron chi connectivity index (χ0n) is 19.6. The molecule has 9 heteroatoms. The SMILES string of the molecule is CCN(CC)CCOC(=O)C1Cc2cc(OC)c(OC)cc2S(=O)(=O)N1Cc1ccccc1. The smallest absolute Gasteiger partial charge is 0.324 e. The summed E-state index contributed by atoms with van der Waals surface area (Å²) in [5, 5.41) is 0. The van der Waals surface area contributed by atoms with E-state index >= 15 is 0 Å². The normalized spacial score (nSPS) is 17.4. The first kappa shape index (κ1) is 25.0. The maximum Gasteiger partial charge on any atom is 0.324 e. The Labute approximate surface area is 196 Å². The van der Waals surface area contributed by atoms with Crippen molar-refractivity contribution in [2.24, 2.45) is 0 Å². The van der Waals surface area contributed by atoms with Crippen molar-refractivity contribution in [1.82, 2.24) is 9.21 Å². The highest BCUT2D eigenvalue weighted by Crippen LogP contribution is 2.39. The van der Waals surface area contributed by atoms with Gasteiger partial charge in [0, 0.05) is 25.6 Å². The van der Waals surface area contributed by atoms with E-state index in [4.69, 9.17) is 14.2 Å². The third-order valence-electron chi connectivity index (χ3n) is 5.91. The number of benzene rings is 2. The molecule has 0 fully saturated rings. The summed E-state index contributed by atoms with van der Waals surface area (Å²) < 4.78 is 44.8. The third kappa shape index (κ3) is 5.48. The maximum absolute atomic E-state index is 13.7. The summed E-state index contributed by atoms with van der Waals surface area (Å²) in [6.07, 6.45) is 0.186. The average Bonchev–Trinajstić information content (AvgIpc) is 2.83. The molecule has 0 amide bonds. The number of fused-ring (bicyclic) bond motifs is 1. The van der Waals surface area contributed by atoms with Crippen LogP contribution in [0, 0.1) is 0 Å². The minimum atomic E-state index is -4.00. The first-order valence-corrected chi connectivity index (χ1v) is 12.5. The summed E-state index contributed by atoms with van der Waals surface area (Å²) in [7, 11) is -1.05. The van der Waals surface area contributed by atoms with Crippen molar-refractivity contribution in [1.29, 1.82) is 0 Å². The van der Waals surface area contributed by atoms with Gasteiger partial charge in [0.05, 0.1) is 19.1 Å². The van der Waals surface area contributed by atoms with Crippen molar-refractivity contribution in [3.05, 3.63) is 53.6 Å². The number of carbonyl (C=O) groups is 1. The van der Waals surface area contributed by atoms with Crippen molar-refractivity contribution < 1.29 is 27.4 Å². The Kier molecular flexibility index (Phi) is 8.34. The molecule has 0 radical (unpaired) electrons. The van der Waals surface area contributed by atoms with Crippen LogP contribution in [0.4, 0.5) is 0 Å². The second-order valence-corrected chi connectivity index (χ2v) is 9.62. The van der Waals surface area contributed by atoms with Gasteiger partial charge in [0.1, 0.15) is 12.6 Å². The molecule has 8 nitrogen and oxygen atoms in total. The molecule has 0 bridgehead atoms. The van der Waals surface area contributed by atoms with Crippen LogP contribution in [0.1, 0.15) is 25.0 Å². The lowest BCUT2D eigenvalue weighted by molar-refractivity contribution is -0.149. The zero-order chi connectivity index (χ0) is 24.0. The molecule has 3 rings (SSSR count). The third-order valence-corrected chi connectivity index (χ3v) is 7.85. The van der Waals surface area contributed by atoms with Crippen LogP contribution in [-0.4, -0.2) is 70.1 Å². The largest absolute Gasteiger partial charge is 0.493 e. The van der Waals surface area contributed by atoms with E-state index in [1.807, 2.05) is 44.2 Å². The van der Waals surface area contributed by atoms with Crippen LogP contribution < -0.4 is 9.47 Å². The molecule has 2 aromatic carbocycles. The van der Waals surface area contributed by atoms with E-state index in [1.165, 1.54) is 24.6 Å². The molecule has 180 valence electrons. The average molecular weight is 477 g/mol. The summed E-state index contributed by atoms with van der Waals surface area (Å²) >= 11 is 0. The number of likely N-dealkylation sites (N-methyl/N-ethyl adjacent to an activating group) is 1. The quantitative estimate of drug-likeness (QED) is 0.488. The predicted octanol–water partition coefficient (Wildman–Crippen LogP) is 2.70. The molecule has 1 aliphatic heterocycles. The van der Waals surface area contributed by atoms with E-state index in [0.717, 1.165) is 18.7 Å². The lowest BCUT2D eigenvalue weighted by Gasteiger charge is -2.35. The van der Waals surface area contributed by atoms with E-state index in [9.17, 15) is 13.2 Å².